The van der Waals surface area contributed by atoms with Crippen LogP contribution in [0.5, 0.6) is 0 Å². The standard InChI is InChI=1S/C13H23N5O/c14-13(5-2-1-3-6-13)11-12(19)15-7-4-9-18-10-8-16-17-18/h8,10H,1-7,9,11,14H2,(H,15,19). The van der Waals surface area contributed by atoms with Crippen LogP contribution < -0.4 is 11.1 Å². The van der Waals surface area contributed by atoms with Crippen molar-refractivity contribution in [1.29, 1.82) is 0 Å². The number of carbonyl (C=O) groups is 1. The number of hydrogen-bond acceptors (Lipinski definition) is 4. The molecule has 3 N–H and O–H groups in total. The van der Waals surface area contributed by atoms with Gasteiger partial charge in [-0.2, -0.15) is 0 Å². The Morgan fingerprint density at radius 3 is 2.84 bits per heavy atom. The second-order valence-electron chi connectivity index (χ2n) is 5.47. The lowest BCUT2D eigenvalue weighted by Gasteiger charge is -2.32. The van der Waals surface area contributed by atoms with Gasteiger partial charge in [0.2, 0.25) is 5.91 Å². The maximum Gasteiger partial charge on any atom is 0.221 e. The van der Waals surface area contributed by atoms with Crippen molar-refractivity contribution >= 4 is 5.91 Å². The van der Waals surface area contributed by atoms with Crippen molar-refractivity contribution in [3.63, 3.8) is 0 Å². The lowest BCUT2D eigenvalue weighted by Crippen LogP contribution is -2.46. The molecule has 19 heavy (non-hydrogen) atoms. The average molecular weight is 265 g/mol. The Morgan fingerprint density at radius 2 is 2.16 bits per heavy atom. The quantitative estimate of drug-likeness (QED) is 0.746. The van der Waals surface area contributed by atoms with Gasteiger partial charge in [0.15, 0.2) is 0 Å². The summed E-state index contributed by atoms with van der Waals surface area (Å²) in [5, 5.41) is 10.5. The smallest absolute Gasteiger partial charge is 0.221 e. The third kappa shape index (κ3) is 4.63. The van der Waals surface area contributed by atoms with E-state index >= 15 is 0 Å². The fourth-order valence-corrected chi connectivity index (χ4v) is 2.64. The predicted octanol–water partition coefficient (Wildman–Crippen LogP) is 0.836. The van der Waals surface area contributed by atoms with Gasteiger partial charge < -0.3 is 11.1 Å². The summed E-state index contributed by atoms with van der Waals surface area (Å²) in [5.41, 5.74) is 5.99. The zero-order valence-corrected chi connectivity index (χ0v) is 11.3. The van der Waals surface area contributed by atoms with Crippen LogP contribution in [-0.2, 0) is 11.3 Å². The third-order valence-electron chi connectivity index (χ3n) is 3.72. The number of nitrogens with zero attached hydrogens (tertiary/aromatic N) is 3. The number of aryl methyl sites for hydroxylation is 1. The monoisotopic (exact) mass is 265 g/mol. The lowest BCUT2D eigenvalue weighted by molar-refractivity contribution is -0.122. The molecule has 6 nitrogen and oxygen atoms in total. The van der Waals surface area contributed by atoms with Crippen molar-refractivity contribution in [3.8, 4) is 0 Å². The molecule has 0 radical (unpaired) electrons. The molecule has 1 saturated carbocycles. The number of amides is 1. The van der Waals surface area contributed by atoms with E-state index in [1.807, 2.05) is 6.20 Å². The molecule has 0 bridgehead atoms. The van der Waals surface area contributed by atoms with Gasteiger partial charge in [-0.1, -0.05) is 24.5 Å². The summed E-state index contributed by atoms with van der Waals surface area (Å²) in [6, 6.07) is 0. The van der Waals surface area contributed by atoms with E-state index in [0.29, 0.717) is 13.0 Å². The molecule has 1 aliphatic rings. The summed E-state index contributed by atoms with van der Waals surface area (Å²) in [6.45, 7) is 1.43. The molecule has 1 aromatic rings. The predicted molar refractivity (Wildman–Crippen MR) is 72.3 cm³/mol. The Labute approximate surface area is 113 Å². The maximum absolute atomic E-state index is 11.9. The Hall–Kier alpha value is -1.43. The summed E-state index contributed by atoms with van der Waals surface area (Å²) < 4.78 is 1.76. The lowest BCUT2D eigenvalue weighted by atomic mass is 9.80. The van der Waals surface area contributed by atoms with Gasteiger partial charge in [0, 0.05) is 31.2 Å². The minimum atomic E-state index is -0.270. The highest BCUT2D eigenvalue weighted by molar-refractivity contribution is 5.77. The molecule has 6 heteroatoms. The highest BCUT2D eigenvalue weighted by Crippen LogP contribution is 2.28. The molecule has 0 atom stereocenters. The van der Waals surface area contributed by atoms with Crippen molar-refractivity contribution in [1.82, 2.24) is 20.3 Å². The third-order valence-corrected chi connectivity index (χ3v) is 3.72. The maximum atomic E-state index is 11.9. The summed E-state index contributed by atoms with van der Waals surface area (Å²) in [5.74, 6) is 0.0722. The van der Waals surface area contributed by atoms with Gasteiger partial charge in [-0.05, 0) is 19.3 Å². The van der Waals surface area contributed by atoms with Crippen molar-refractivity contribution in [3.05, 3.63) is 12.4 Å². The molecule has 0 saturated heterocycles. The summed E-state index contributed by atoms with van der Waals surface area (Å²) in [7, 11) is 0. The Bertz CT molecular complexity index is 384. The molecule has 1 aromatic heterocycles. The fourth-order valence-electron chi connectivity index (χ4n) is 2.64. The summed E-state index contributed by atoms with van der Waals surface area (Å²) in [6.07, 6.45) is 10.3. The van der Waals surface area contributed by atoms with Crippen LogP contribution in [0.1, 0.15) is 44.9 Å². The van der Waals surface area contributed by atoms with E-state index in [1.54, 1.807) is 10.9 Å². The second kappa shape index (κ2) is 6.65. The first kappa shape index (κ1) is 14.0. The number of aromatic nitrogens is 3. The topological polar surface area (TPSA) is 85.8 Å². The van der Waals surface area contributed by atoms with Crippen LogP contribution in [0.3, 0.4) is 0 Å². The molecule has 106 valence electrons. The van der Waals surface area contributed by atoms with Gasteiger partial charge in [0.1, 0.15) is 0 Å². The van der Waals surface area contributed by atoms with Gasteiger partial charge in [-0.25, -0.2) is 0 Å². The molecule has 1 fully saturated rings. The van der Waals surface area contributed by atoms with Gasteiger partial charge in [-0.15, -0.1) is 5.10 Å². The van der Waals surface area contributed by atoms with Crippen LogP contribution >= 0.6 is 0 Å². The Morgan fingerprint density at radius 1 is 1.37 bits per heavy atom. The van der Waals surface area contributed by atoms with Crippen molar-refractivity contribution < 1.29 is 4.79 Å². The van der Waals surface area contributed by atoms with Gasteiger partial charge in [0.25, 0.3) is 0 Å². The number of carbonyl (C=O) groups excluding carboxylic acids is 1. The molecule has 0 spiro atoms. The van der Waals surface area contributed by atoms with E-state index in [2.05, 4.69) is 15.6 Å². The molecular formula is C13H23N5O. The molecule has 0 aliphatic heterocycles. The van der Waals surface area contributed by atoms with Crippen LogP contribution in [0.15, 0.2) is 12.4 Å². The number of nitrogens with two attached hydrogens (primary N) is 1. The van der Waals surface area contributed by atoms with Gasteiger partial charge in [-0.3, -0.25) is 9.48 Å². The van der Waals surface area contributed by atoms with Crippen LogP contribution in [-0.4, -0.2) is 33.0 Å². The second-order valence-corrected chi connectivity index (χ2v) is 5.47. The van der Waals surface area contributed by atoms with Crippen molar-refractivity contribution in [2.24, 2.45) is 5.73 Å². The highest BCUT2D eigenvalue weighted by Gasteiger charge is 2.29. The molecule has 1 aliphatic carbocycles. The van der Waals surface area contributed by atoms with Gasteiger partial charge >= 0.3 is 0 Å². The summed E-state index contributed by atoms with van der Waals surface area (Å²) >= 11 is 0. The summed E-state index contributed by atoms with van der Waals surface area (Å²) in [4.78, 5) is 11.9. The molecule has 2 rings (SSSR count). The Kier molecular flexibility index (Phi) is 4.90. The van der Waals surface area contributed by atoms with Crippen LogP contribution in [0.4, 0.5) is 0 Å². The van der Waals surface area contributed by atoms with Gasteiger partial charge in [0.05, 0.1) is 6.20 Å². The molecule has 0 unspecified atom stereocenters. The van der Waals surface area contributed by atoms with Crippen LogP contribution in [0, 0.1) is 0 Å². The molecule has 1 heterocycles. The first-order valence-corrected chi connectivity index (χ1v) is 7.08. The van der Waals surface area contributed by atoms with E-state index in [-0.39, 0.29) is 11.4 Å². The Balaban J connectivity index is 1.61. The zero-order chi connectivity index (χ0) is 13.6. The number of hydrogen-bond donors (Lipinski definition) is 2. The minimum Gasteiger partial charge on any atom is -0.356 e. The van der Waals surface area contributed by atoms with E-state index in [9.17, 15) is 4.79 Å². The van der Waals surface area contributed by atoms with Crippen molar-refractivity contribution in [2.75, 3.05) is 6.54 Å². The minimum absolute atomic E-state index is 0.0722. The normalized spacial score (nSPS) is 18.2. The van der Waals surface area contributed by atoms with Crippen LogP contribution in [0.2, 0.25) is 0 Å². The first-order chi connectivity index (χ1) is 9.18. The molecular weight excluding hydrogens is 242 g/mol. The van der Waals surface area contributed by atoms with E-state index in [4.69, 9.17) is 5.73 Å². The fraction of sp³-hybridized carbons (Fsp3) is 0.769. The molecule has 1 amide bonds. The van der Waals surface area contributed by atoms with E-state index in [0.717, 1.165) is 38.6 Å². The van der Waals surface area contributed by atoms with E-state index in [1.165, 1.54) is 6.42 Å². The average Bonchev–Trinajstić information content (AvgIpc) is 2.88. The first-order valence-electron chi connectivity index (χ1n) is 7.08. The van der Waals surface area contributed by atoms with E-state index < -0.39 is 0 Å². The van der Waals surface area contributed by atoms with Crippen LogP contribution in [0.25, 0.3) is 0 Å². The highest BCUT2D eigenvalue weighted by atomic mass is 16.1. The number of nitrogens with one attached hydrogen (secondary N) is 1. The SMILES string of the molecule is NC1(CC(=O)NCCCn2ccnn2)CCCCC1. The largest absolute Gasteiger partial charge is 0.356 e. The number of rotatable bonds is 6. The zero-order valence-electron chi connectivity index (χ0n) is 11.3. The molecule has 0 aromatic carbocycles. The van der Waals surface area contributed by atoms with Crippen molar-refractivity contribution in [2.45, 2.75) is 57.0 Å².